The van der Waals surface area contributed by atoms with Crippen molar-refractivity contribution in [2.24, 2.45) is 0 Å². The number of halogens is 2. The second kappa shape index (κ2) is 8.91. The van der Waals surface area contributed by atoms with Gasteiger partial charge >= 0.3 is 0 Å². The van der Waals surface area contributed by atoms with Crippen LogP contribution in [0.15, 0.2) is 36.5 Å². The minimum absolute atomic E-state index is 0. The number of nitrogens with zero attached hydrogens (tertiary/aromatic N) is 2. The van der Waals surface area contributed by atoms with Crippen LogP contribution in [0, 0.1) is 0 Å². The number of aryl methyl sites for hydroxylation is 1. The second-order valence-electron chi connectivity index (χ2n) is 5.35. The number of fused-ring (bicyclic) bond motifs is 1. The van der Waals surface area contributed by atoms with E-state index in [2.05, 4.69) is 40.0 Å². The van der Waals surface area contributed by atoms with Gasteiger partial charge in [0, 0.05) is 6.07 Å². The highest BCUT2D eigenvalue weighted by atomic mass is 35.5. The van der Waals surface area contributed by atoms with E-state index in [1.54, 1.807) is 13.2 Å². The van der Waals surface area contributed by atoms with Crippen molar-refractivity contribution < 1.29 is 4.79 Å². The Morgan fingerprint density at radius 1 is 1.30 bits per heavy atom. The van der Waals surface area contributed by atoms with E-state index >= 15 is 0 Å². The van der Waals surface area contributed by atoms with Crippen molar-refractivity contribution in [1.29, 1.82) is 0 Å². The highest BCUT2D eigenvalue weighted by Gasteiger charge is 2.23. The first-order valence-corrected chi connectivity index (χ1v) is 7.35. The van der Waals surface area contributed by atoms with Gasteiger partial charge in [0.15, 0.2) is 0 Å². The fourth-order valence-electron chi connectivity index (χ4n) is 2.99. The van der Waals surface area contributed by atoms with Crippen LogP contribution >= 0.6 is 24.8 Å². The summed E-state index contributed by atoms with van der Waals surface area (Å²) in [5.74, 6) is 0.709. The van der Waals surface area contributed by atoms with Gasteiger partial charge in [-0.3, -0.25) is 4.79 Å². The average molecular weight is 357 g/mol. The predicted octanol–water partition coefficient (Wildman–Crippen LogP) is 2.81. The van der Waals surface area contributed by atoms with E-state index in [9.17, 15) is 4.79 Å². The van der Waals surface area contributed by atoms with Crippen LogP contribution in [0.3, 0.4) is 0 Å². The number of hydrogen-bond acceptors (Lipinski definition) is 3. The number of carbonyl (C=O) groups excluding carboxylic acids is 1. The van der Waals surface area contributed by atoms with Gasteiger partial charge in [-0.15, -0.1) is 24.8 Å². The number of hydrogen-bond donors (Lipinski definition) is 2. The topological polar surface area (TPSA) is 59.0 Å². The average Bonchev–Trinajstić information content (AvgIpc) is 2.95. The van der Waals surface area contributed by atoms with Gasteiger partial charge in [0.25, 0.3) is 0 Å². The molecular formula is C16H22Cl2N4O. The summed E-state index contributed by atoms with van der Waals surface area (Å²) in [5.41, 5.74) is 2.70. The lowest BCUT2D eigenvalue weighted by molar-refractivity contribution is -0.115. The molecule has 3 rings (SSSR count). The Hall–Kier alpha value is -1.56. The van der Waals surface area contributed by atoms with Gasteiger partial charge in [0.2, 0.25) is 5.91 Å². The molecule has 1 aromatic heterocycles. The molecule has 1 unspecified atom stereocenters. The molecule has 0 bridgehead atoms. The van der Waals surface area contributed by atoms with Crippen LogP contribution in [0.1, 0.15) is 30.0 Å². The number of nitrogens with one attached hydrogen (secondary N) is 2. The zero-order chi connectivity index (χ0) is 14.7. The SMILES string of the molecule is CNCC(=O)Nc1ccnn1C1CCCc2ccccc21.Cl.Cl. The van der Waals surface area contributed by atoms with Crippen molar-refractivity contribution in [1.82, 2.24) is 15.1 Å². The largest absolute Gasteiger partial charge is 0.311 e. The van der Waals surface area contributed by atoms with Gasteiger partial charge in [-0.25, -0.2) is 4.68 Å². The monoisotopic (exact) mass is 356 g/mol. The van der Waals surface area contributed by atoms with E-state index in [0.29, 0.717) is 6.54 Å². The highest BCUT2D eigenvalue weighted by molar-refractivity contribution is 5.91. The molecule has 0 radical (unpaired) electrons. The third-order valence-corrected chi connectivity index (χ3v) is 3.91. The zero-order valence-corrected chi connectivity index (χ0v) is 14.6. The first-order chi connectivity index (χ1) is 10.3. The Morgan fingerprint density at radius 2 is 2.09 bits per heavy atom. The van der Waals surface area contributed by atoms with Crippen LogP contribution in [0.25, 0.3) is 0 Å². The quantitative estimate of drug-likeness (QED) is 0.885. The van der Waals surface area contributed by atoms with E-state index in [1.807, 2.05) is 10.7 Å². The molecule has 126 valence electrons. The summed E-state index contributed by atoms with van der Waals surface area (Å²) in [5, 5.41) is 10.2. The number of rotatable bonds is 4. The van der Waals surface area contributed by atoms with E-state index in [1.165, 1.54) is 11.1 Å². The minimum atomic E-state index is -0.0525. The molecule has 5 nitrogen and oxygen atoms in total. The third-order valence-electron chi connectivity index (χ3n) is 3.91. The number of aromatic nitrogens is 2. The van der Waals surface area contributed by atoms with Crippen molar-refractivity contribution in [2.45, 2.75) is 25.3 Å². The molecule has 23 heavy (non-hydrogen) atoms. The lowest BCUT2D eigenvalue weighted by Crippen LogP contribution is -2.27. The van der Waals surface area contributed by atoms with Crippen molar-refractivity contribution in [3.05, 3.63) is 47.7 Å². The minimum Gasteiger partial charge on any atom is -0.311 e. The summed E-state index contributed by atoms with van der Waals surface area (Å²) < 4.78 is 1.94. The van der Waals surface area contributed by atoms with E-state index < -0.39 is 0 Å². The van der Waals surface area contributed by atoms with Gasteiger partial charge in [-0.1, -0.05) is 24.3 Å². The maximum atomic E-state index is 11.8. The Morgan fingerprint density at radius 3 is 2.87 bits per heavy atom. The summed E-state index contributed by atoms with van der Waals surface area (Å²) in [4.78, 5) is 11.8. The molecule has 1 amide bonds. The number of anilines is 1. The third kappa shape index (κ3) is 4.25. The molecule has 1 heterocycles. The van der Waals surface area contributed by atoms with Crippen molar-refractivity contribution in [2.75, 3.05) is 18.9 Å². The predicted molar refractivity (Wildman–Crippen MR) is 96.8 cm³/mol. The number of amides is 1. The molecule has 7 heteroatoms. The van der Waals surface area contributed by atoms with Gasteiger partial charge in [-0.2, -0.15) is 5.10 Å². The molecule has 2 aromatic rings. The van der Waals surface area contributed by atoms with Crippen molar-refractivity contribution in [3.8, 4) is 0 Å². The van der Waals surface area contributed by atoms with E-state index in [-0.39, 0.29) is 36.8 Å². The fraction of sp³-hybridized carbons (Fsp3) is 0.375. The number of benzene rings is 1. The maximum Gasteiger partial charge on any atom is 0.239 e. The molecule has 1 aromatic carbocycles. The van der Waals surface area contributed by atoms with Gasteiger partial charge < -0.3 is 10.6 Å². The fourth-order valence-corrected chi connectivity index (χ4v) is 2.99. The Balaban J connectivity index is 0.00000132. The standard InChI is InChI=1S/C16H20N4O.2ClH/c1-17-11-16(21)19-15-9-10-18-20(15)14-8-4-6-12-5-2-3-7-13(12)14;;/h2-3,5,7,9-10,14,17H,4,6,8,11H2,1H3,(H,19,21);2*1H. The van der Waals surface area contributed by atoms with Crippen LogP contribution in [0.2, 0.25) is 0 Å². The summed E-state index contributed by atoms with van der Waals surface area (Å²) in [6, 6.07) is 10.6. The summed E-state index contributed by atoms with van der Waals surface area (Å²) >= 11 is 0. The highest BCUT2D eigenvalue weighted by Crippen LogP contribution is 2.33. The molecule has 1 aliphatic rings. The lowest BCUT2D eigenvalue weighted by atomic mass is 9.88. The van der Waals surface area contributed by atoms with Crippen LogP contribution in [0.5, 0.6) is 0 Å². The van der Waals surface area contributed by atoms with E-state index in [0.717, 1.165) is 25.1 Å². The Labute approximate surface area is 148 Å². The first kappa shape index (κ1) is 19.5. The second-order valence-corrected chi connectivity index (χ2v) is 5.35. The molecular weight excluding hydrogens is 335 g/mol. The van der Waals surface area contributed by atoms with Crippen molar-refractivity contribution in [3.63, 3.8) is 0 Å². The molecule has 0 aliphatic heterocycles. The smallest absolute Gasteiger partial charge is 0.239 e. The van der Waals surface area contributed by atoms with Crippen LogP contribution < -0.4 is 10.6 Å². The van der Waals surface area contributed by atoms with Crippen LogP contribution in [-0.2, 0) is 11.2 Å². The van der Waals surface area contributed by atoms with Gasteiger partial charge in [-0.05, 0) is 37.4 Å². The Kier molecular flexibility index (Phi) is 7.55. The molecule has 0 fully saturated rings. The maximum absolute atomic E-state index is 11.8. The van der Waals surface area contributed by atoms with Crippen LogP contribution in [-0.4, -0.2) is 29.3 Å². The summed E-state index contributed by atoms with van der Waals surface area (Å²) in [6.07, 6.45) is 5.06. The molecule has 1 atom stereocenters. The normalized spacial score (nSPS) is 15.8. The van der Waals surface area contributed by atoms with Gasteiger partial charge in [0.1, 0.15) is 5.82 Å². The Bertz CT molecular complexity index is 645. The number of carbonyl (C=O) groups is 1. The molecule has 0 saturated carbocycles. The van der Waals surface area contributed by atoms with Crippen LogP contribution in [0.4, 0.5) is 5.82 Å². The zero-order valence-electron chi connectivity index (χ0n) is 13.0. The molecule has 1 aliphatic carbocycles. The van der Waals surface area contributed by atoms with Crippen molar-refractivity contribution >= 4 is 36.5 Å². The summed E-state index contributed by atoms with van der Waals surface area (Å²) in [7, 11) is 1.76. The summed E-state index contributed by atoms with van der Waals surface area (Å²) in [6.45, 7) is 0.298. The molecule has 2 N–H and O–H groups in total. The molecule has 0 spiro atoms. The lowest BCUT2D eigenvalue weighted by Gasteiger charge is -2.27. The van der Waals surface area contributed by atoms with E-state index in [4.69, 9.17) is 0 Å². The first-order valence-electron chi connectivity index (χ1n) is 7.35. The number of likely N-dealkylation sites (N-methyl/N-ethyl adjacent to an activating group) is 1. The molecule has 0 saturated heterocycles. The van der Waals surface area contributed by atoms with Gasteiger partial charge in [0.05, 0.1) is 18.8 Å².